The summed E-state index contributed by atoms with van der Waals surface area (Å²) in [7, 11) is -3.77. The van der Waals surface area contributed by atoms with Crippen molar-refractivity contribution in [2.45, 2.75) is 82.7 Å². The zero-order valence-corrected chi connectivity index (χ0v) is 21.3. The molecule has 1 atom stereocenters. The number of hydrogen-bond acceptors (Lipinski definition) is 5. The highest BCUT2D eigenvalue weighted by Gasteiger charge is 2.28. The van der Waals surface area contributed by atoms with Crippen LogP contribution < -0.4 is 5.32 Å². The van der Waals surface area contributed by atoms with Crippen LogP contribution in [0.25, 0.3) is 0 Å². The van der Waals surface area contributed by atoms with E-state index < -0.39 is 15.7 Å². The van der Waals surface area contributed by atoms with Gasteiger partial charge in [0.15, 0.2) is 5.11 Å². The number of nitrogens with zero attached hydrogens (tertiary/aromatic N) is 3. The van der Waals surface area contributed by atoms with Crippen LogP contribution in [-0.4, -0.2) is 52.8 Å². The van der Waals surface area contributed by atoms with Gasteiger partial charge in [-0.1, -0.05) is 12.1 Å². The molecule has 0 aliphatic carbocycles. The molecule has 1 aromatic heterocycles. The predicted molar refractivity (Wildman–Crippen MR) is 130 cm³/mol. The fraction of sp³-hybridized carbons (Fsp3) is 0.565. The molecule has 1 fully saturated rings. The maximum Gasteiger partial charge on any atom is 0.228 e. The highest BCUT2D eigenvalue weighted by molar-refractivity contribution is 7.90. The maximum absolute atomic E-state index is 13.3. The maximum atomic E-state index is 13.3. The Morgan fingerprint density at radius 2 is 2.00 bits per heavy atom. The molecule has 10 heteroatoms. The quantitative estimate of drug-likeness (QED) is 0.531. The van der Waals surface area contributed by atoms with Crippen molar-refractivity contribution < 1.29 is 17.5 Å². The molecule has 1 aliphatic rings. The number of ether oxygens (including phenoxy) is 1. The highest BCUT2D eigenvalue weighted by Crippen LogP contribution is 2.23. The van der Waals surface area contributed by atoms with Crippen LogP contribution in [0.5, 0.6) is 0 Å². The third kappa shape index (κ3) is 6.74. The molecule has 2 heterocycles. The number of thiocarbonyl (C=S) groups is 1. The summed E-state index contributed by atoms with van der Waals surface area (Å²) in [6.45, 7) is 9.63. The Hall–Kier alpha value is -2.04. The third-order valence-corrected chi connectivity index (χ3v) is 7.44. The van der Waals surface area contributed by atoms with Crippen molar-refractivity contribution in [1.29, 1.82) is 0 Å². The first-order valence-corrected chi connectivity index (χ1v) is 13.3. The van der Waals surface area contributed by atoms with Crippen LogP contribution >= 0.6 is 12.2 Å². The Balaban J connectivity index is 1.93. The van der Waals surface area contributed by atoms with Gasteiger partial charge in [-0.3, -0.25) is 0 Å². The van der Waals surface area contributed by atoms with Crippen molar-refractivity contribution in [2.24, 2.45) is 0 Å². The van der Waals surface area contributed by atoms with E-state index >= 15 is 0 Å². The summed E-state index contributed by atoms with van der Waals surface area (Å²) in [6.07, 6.45) is 3.37. The van der Waals surface area contributed by atoms with Gasteiger partial charge in [0.1, 0.15) is 5.82 Å². The predicted octanol–water partition coefficient (Wildman–Crippen LogP) is 3.67. The number of halogens is 1. The molecular formula is C23H33FN4O3S2. The van der Waals surface area contributed by atoms with E-state index in [9.17, 15) is 12.8 Å². The van der Waals surface area contributed by atoms with Gasteiger partial charge in [0.2, 0.25) is 15.0 Å². The van der Waals surface area contributed by atoms with E-state index in [-0.39, 0.29) is 29.1 Å². The zero-order chi connectivity index (χ0) is 24.2. The Labute approximate surface area is 201 Å². The van der Waals surface area contributed by atoms with Gasteiger partial charge in [-0.15, -0.1) is 0 Å². The molecule has 0 radical (unpaired) electrons. The average molecular weight is 497 g/mol. The van der Waals surface area contributed by atoms with Crippen LogP contribution in [0.4, 0.5) is 4.39 Å². The Morgan fingerprint density at radius 1 is 1.30 bits per heavy atom. The van der Waals surface area contributed by atoms with Crippen LogP contribution in [0.3, 0.4) is 0 Å². The summed E-state index contributed by atoms with van der Waals surface area (Å²) in [5.74, 6) is -0.658. The van der Waals surface area contributed by atoms with E-state index in [4.69, 9.17) is 17.0 Å². The summed E-state index contributed by atoms with van der Waals surface area (Å²) < 4.78 is 47.5. The molecule has 0 spiro atoms. The Bertz CT molecular complexity index is 1050. The van der Waals surface area contributed by atoms with Crippen LogP contribution in [0.15, 0.2) is 35.6 Å². The monoisotopic (exact) mass is 496 g/mol. The third-order valence-electron chi connectivity index (χ3n) is 5.49. The van der Waals surface area contributed by atoms with E-state index in [0.717, 1.165) is 18.5 Å². The lowest BCUT2D eigenvalue weighted by atomic mass is 10.2. The minimum Gasteiger partial charge on any atom is -0.376 e. The second-order valence-electron chi connectivity index (χ2n) is 8.99. The second-order valence-corrected chi connectivity index (χ2v) is 11.3. The molecule has 1 N–H and O–H groups in total. The summed E-state index contributed by atoms with van der Waals surface area (Å²) in [6, 6.07) is 5.78. The molecular weight excluding hydrogens is 463 g/mol. The van der Waals surface area contributed by atoms with E-state index in [2.05, 4.69) is 10.3 Å². The summed E-state index contributed by atoms with van der Waals surface area (Å²) >= 11 is 5.60. The molecule has 182 valence electrons. The molecule has 0 saturated carbocycles. The lowest BCUT2D eigenvalue weighted by Crippen LogP contribution is -2.46. The first kappa shape index (κ1) is 25.6. The number of sulfone groups is 1. The van der Waals surface area contributed by atoms with Crippen LogP contribution in [0.2, 0.25) is 0 Å². The average Bonchev–Trinajstić information content (AvgIpc) is 3.37. The van der Waals surface area contributed by atoms with Crippen LogP contribution in [0.1, 0.15) is 51.8 Å². The summed E-state index contributed by atoms with van der Waals surface area (Å²) in [4.78, 5) is 6.35. The molecule has 1 aromatic carbocycles. The van der Waals surface area contributed by atoms with Crippen molar-refractivity contribution in [3.63, 3.8) is 0 Å². The first-order chi connectivity index (χ1) is 15.6. The number of nitrogens with one attached hydrogen (secondary N) is 1. The fourth-order valence-electron chi connectivity index (χ4n) is 3.81. The van der Waals surface area contributed by atoms with Gasteiger partial charge < -0.3 is 19.5 Å². The number of hydrogen-bond donors (Lipinski definition) is 1. The number of aromatic nitrogens is 2. The smallest absolute Gasteiger partial charge is 0.228 e. The molecule has 0 unspecified atom stereocenters. The minimum atomic E-state index is -3.77. The van der Waals surface area contributed by atoms with Gasteiger partial charge in [-0.05, 0) is 70.5 Å². The molecule has 0 amide bonds. The molecule has 2 aromatic rings. The summed E-state index contributed by atoms with van der Waals surface area (Å²) in [5, 5.41) is 3.88. The largest absolute Gasteiger partial charge is 0.376 e. The normalized spacial score (nSPS) is 16.5. The zero-order valence-electron chi connectivity index (χ0n) is 19.6. The molecule has 33 heavy (non-hydrogen) atoms. The highest BCUT2D eigenvalue weighted by atomic mass is 32.2. The molecule has 1 saturated heterocycles. The lowest BCUT2D eigenvalue weighted by Gasteiger charge is -2.31. The van der Waals surface area contributed by atoms with Crippen molar-refractivity contribution >= 4 is 27.2 Å². The van der Waals surface area contributed by atoms with E-state index in [0.29, 0.717) is 30.4 Å². The topological polar surface area (TPSA) is 76.5 Å². The Morgan fingerprint density at radius 3 is 2.58 bits per heavy atom. The van der Waals surface area contributed by atoms with Gasteiger partial charge in [-0.25, -0.2) is 17.8 Å². The number of imidazole rings is 1. The van der Waals surface area contributed by atoms with Crippen molar-refractivity contribution in [3.05, 3.63) is 47.5 Å². The first-order valence-electron chi connectivity index (χ1n) is 11.3. The second kappa shape index (κ2) is 10.9. The van der Waals surface area contributed by atoms with Gasteiger partial charge in [0.05, 0.1) is 36.8 Å². The lowest BCUT2D eigenvalue weighted by molar-refractivity contribution is 0.0935. The Kier molecular flexibility index (Phi) is 8.47. The van der Waals surface area contributed by atoms with E-state index in [1.54, 1.807) is 10.8 Å². The van der Waals surface area contributed by atoms with E-state index in [1.807, 2.05) is 32.6 Å². The van der Waals surface area contributed by atoms with Crippen LogP contribution in [-0.2, 0) is 33.4 Å². The van der Waals surface area contributed by atoms with Gasteiger partial charge in [0, 0.05) is 18.7 Å². The fourth-order valence-corrected chi connectivity index (χ4v) is 5.82. The molecule has 0 bridgehead atoms. The van der Waals surface area contributed by atoms with Crippen molar-refractivity contribution in [1.82, 2.24) is 19.8 Å². The standard InChI is InChI=1S/C23H33FN4O3S2/c1-16(2)26-22(32)27(17(3)4)13-20-12-25-23(28(20)14-21-6-5-11-31-21)33(29,30)15-18-7-9-19(24)10-8-18/h7-10,12,16-17,21H,5-6,11,13-15H2,1-4H3,(H,26,32)/t21-/m1/s1. The van der Waals surface area contributed by atoms with Gasteiger partial charge in [0.25, 0.3) is 0 Å². The van der Waals surface area contributed by atoms with Crippen molar-refractivity contribution in [3.8, 4) is 0 Å². The van der Waals surface area contributed by atoms with Crippen molar-refractivity contribution in [2.75, 3.05) is 6.61 Å². The van der Waals surface area contributed by atoms with E-state index in [1.165, 1.54) is 24.3 Å². The van der Waals surface area contributed by atoms with Gasteiger partial charge >= 0.3 is 0 Å². The van der Waals surface area contributed by atoms with Gasteiger partial charge in [-0.2, -0.15) is 0 Å². The molecule has 1 aliphatic heterocycles. The SMILES string of the molecule is CC(C)NC(=S)N(Cc1cnc(S(=O)(=O)Cc2ccc(F)cc2)n1C[C@H]1CCCO1)C(C)C. The minimum absolute atomic E-state index is 0.00349. The summed E-state index contributed by atoms with van der Waals surface area (Å²) in [5.41, 5.74) is 1.26. The molecule has 3 rings (SSSR count). The molecule has 7 nitrogen and oxygen atoms in total. The number of rotatable bonds is 9. The number of benzene rings is 1. The van der Waals surface area contributed by atoms with Crippen LogP contribution in [0, 0.1) is 5.82 Å².